The van der Waals surface area contributed by atoms with Crippen molar-refractivity contribution < 1.29 is 12.8 Å². The maximum absolute atomic E-state index is 13.4. The molecular weight excluding hydrogens is 293 g/mol. The standard InChI is InChI=1S/C14H10FN3O2S/c15-12-7-3-1-5-10(12)9-16-17-14-11-6-2-4-8-13(11)21(19,20)18-14/h1-9H,(H,17,18). The number of nitrogens with one attached hydrogen (secondary N) is 1. The predicted octanol–water partition coefficient (Wildman–Crippen LogP) is 1.90. The Balaban J connectivity index is 1.86. The summed E-state index contributed by atoms with van der Waals surface area (Å²) in [6.07, 6.45) is 1.27. The highest BCUT2D eigenvalue weighted by Gasteiger charge is 2.28. The van der Waals surface area contributed by atoms with Crippen LogP contribution in [0.3, 0.4) is 0 Å². The molecule has 2 aromatic carbocycles. The molecule has 0 fully saturated rings. The third-order valence-corrected chi connectivity index (χ3v) is 4.25. The van der Waals surface area contributed by atoms with Crippen LogP contribution in [0.4, 0.5) is 4.39 Å². The lowest BCUT2D eigenvalue weighted by Gasteiger charge is -2.00. The van der Waals surface area contributed by atoms with Gasteiger partial charge >= 0.3 is 0 Å². The number of halogens is 1. The Morgan fingerprint density at radius 1 is 1.10 bits per heavy atom. The number of rotatable bonds is 2. The number of benzene rings is 2. The third kappa shape index (κ3) is 2.55. The second kappa shape index (κ2) is 5.10. The second-order valence-corrected chi connectivity index (χ2v) is 5.88. The molecule has 1 N–H and O–H groups in total. The molecule has 1 heterocycles. The number of hydrogen-bond acceptors (Lipinski definition) is 4. The van der Waals surface area contributed by atoms with E-state index in [2.05, 4.69) is 14.9 Å². The van der Waals surface area contributed by atoms with Gasteiger partial charge in [0.1, 0.15) is 10.7 Å². The normalized spacial score (nSPS) is 15.8. The van der Waals surface area contributed by atoms with Crippen LogP contribution in [0.25, 0.3) is 0 Å². The minimum absolute atomic E-state index is 0.123. The molecule has 7 heteroatoms. The van der Waals surface area contributed by atoms with Crippen molar-refractivity contribution >= 4 is 22.1 Å². The Labute approximate surface area is 120 Å². The summed E-state index contributed by atoms with van der Waals surface area (Å²) in [5.74, 6) is -0.289. The number of nitrogens with zero attached hydrogens (tertiary/aromatic N) is 2. The van der Waals surface area contributed by atoms with Gasteiger partial charge in [0.2, 0.25) is 0 Å². The van der Waals surface area contributed by atoms with E-state index in [0.717, 1.165) is 0 Å². The molecule has 106 valence electrons. The van der Waals surface area contributed by atoms with E-state index < -0.39 is 15.8 Å². The van der Waals surface area contributed by atoms with Crippen LogP contribution in [-0.2, 0) is 10.0 Å². The van der Waals surface area contributed by atoms with Crippen LogP contribution in [0.1, 0.15) is 11.1 Å². The summed E-state index contributed by atoms with van der Waals surface area (Å²) in [5, 5.41) is 3.84. The molecule has 0 atom stereocenters. The predicted molar refractivity (Wildman–Crippen MR) is 77.3 cm³/mol. The average Bonchev–Trinajstić information content (AvgIpc) is 2.73. The molecule has 1 aliphatic heterocycles. The number of fused-ring (bicyclic) bond motifs is 1. The first-order chi connectivity index (χ1) is 10.1. The lowest BCUT2D eigenvalue weighted by atomic mass is 10.2. The van der Waals surface area contributed by atoms with Crippen LogP contribution in [0.15, 0.2) is 62.9 Å². The molecule has 2 aromatic rings. The summed E-state index contributed by atoms with van der Waals surface area (Å²) < 4.78 is 40.6. The molecule has 0 bridgehead atoms. The summed E-state index contributed by atoms with van der Waals surface area (Å²) in [6.45, 7) is 0. The van der Waals surface area contributed by atoms with Crippen LogP contribution in [0, 0.1) is 5.82 Å². The highest BCUT2D eigenvalue weighted by atomic mass is 32.2. The van der Waals surface area contributed by atoms with Crippen molar-refractivity contribution in [2.24, 2.45) is 9.50 Å². The van der Waals surface area contributed by atoms with Gasteiger partial charge in [0.15, 0.2) is 5.84 Å². The largest absolute Gasteiger partial charge is 0.285 e. The van der Waals surface area contributed by atoms with Crippen molar-refractivity contribution in [1.82, 2.24) is 5.43 Å². The molecule has 0 aromatic heterocycles. The summed E-state index contributed by atoms with van der Waals surface area (Å²) in [5.41, 5.74) is 3.28. The average molecular weight is 303 g/mol. The molecule has 0 spiro atoms. The van der Waals surface area contributed by atoms with Crippen LogP contribution in [0.2, 0.25) is 0 Å². The Bertz CT molecular complexity index is 860. The molecule has 0 amide bonds. The van der Waals surface area contributed by atoms with E-state index >= 15 is 0 Å². The van der Waals surface area contributed by atoms with Crippen LogP contribution >= 0.6 is 0 Å². The van der Waals surface area contributed by atoms with Gasteiger partial charge in [-0.1, -0.05) is 30.3 Å². The SMILES string of the molecule is O=S1(=O)N=C(NN=Cc2ccccc2F)c2ccccc21. The lowest BCUT2D eigenvalue weighted by Crippen LogP contribution is -2.17. The highest BCUT2D eigenvalue weighted by Crippen LogP contribution is 2.24. The second-order valence-electron chi connectivity index (χ2n) is 4.30. The maximum Gasteiger partial charge on any atom is 0.285 e. The zero-order chi connectivity index (χ0) is 14.9. The minimum atomic E-state index is -3.68. The van der Waals surface area contributed by atoms with E-state index in [1.54, 1.807) is 36.4 Å². The molecule has 0 saturated heterocycles. The fourth-order valence-electron chi connectivity index (χ4n) is 1.93. The van der Waals surface area contributed by atoms with Gasteiger partial charge in [-0.25, -0.2) is 4.39 Å². The summed E-state index contributed by atoms with van der Waals surface area (Å²) >= 11 is 0. The number of hydrogen-bond donors (Lipinski definition) is 1. The smallest absolute Gasteiger partial charge is 0.260 e. The Kier molecular flexibility index (Phi) is 3.26. The summed E-state index contributed by atoms with van der Waals surface area (Å²) in [4.78, 5) is 0.133. The van der Waals surface area contributed by atoms with Gasteiger partial charge in [0.25, 0.3) is 10.0 Å². The molecule has 21 heavy (non-hydrogen) atoms. The fourth-order valence-corrected chi connectivity index (χ4v) is 3.10. The van der Waals surface area contributed by atoms with Gasteiger partial charge in [0, 0.05) is 11.1 Å². The Morgan fingerprint density at radius 2 is 1.81 bits per heavy atom. The number of amidine groups is 1. The Morgan fingerprint density at radius 3 is 2.62 bits per heavy atom. The van der Waals surface area contributed by atoms with Crippen molar-refractivity contribution in [3.05, 3.63) is 65.5 Å². The maximum atomic E-state index is 13.4. The van der Waals surface area contributed by atoms with E-state index in [9.17, 15) is 12.8 Å². The van der Waals surface area contributed by atoms with E-state index in [1.807, 2.05) is 0 Å². The lowest BCUT2D eigenvalue weighted by molar-refractivity contribution is 0.599. The number of sulfonamides is 1. The van der Waals surface area contributed by atoms with Gasteiger partial charge < -0.3 is 0 Å². The van der Waals surface area contributed by atoms with Crippen molar-refractivity contribution in [3.63, 3.8) is 0 Å². The molecule has 3 rings (SSSR count). The quantitative estimate of drug-likeness (QED) is 0.680. The highest BCUT2D eigenvalue weighted by molar-refractivity contribution is 7.90. The monoisotopic (exact) mass is 303 g/mol. The van der Waals surface area contributed by atoms with Crippen LogP contribution in [0.5, 0.6) is 0 Å². The summed E-state index contributed by atoms with van der Waals surface area (Å²) in [7, 11) is -3.68. The molecule has 1 aliphatic rings. The first-order valence-corrected chi connectivity index (χ1v) is 7.50. The van der Waals surface area contributed by atoms with E-state index in [0.29, 0.717) is 11.1 Å². The zero-order valence-corrected chi connectivity index (χ0v) is 11.5. The first-order valence-electron chi connectivity index (χ1n) is 6.06. The summed E-state index contributed by atoms with van der Waals surface area (Å²) in [6, 6.07) is 12.6. The molecule has 0 aliphatic carbocycles. The van der Waals surface area contributed by atoms with Crippen LogP contribution in [-0.4, -0.2) is 20.5 Å². The van der Waals surface area contributed by atoms with Gasteiger partial charge in [-0.15, -0.1) is 4.40 Å². The van der Waals surface area contributed by atoms with Crippen molar-refractivity contribution in [3.8, 4) is 0 Å². The number of hydrazone groups is 1. The van der Waals surface area contributed by atoms with E-state index in [1.165, 1.54) is 18.3 Å². The van der Waals surface area contributed by atoms with Crippen molar-refractivity contribution in [2.75, 3.05) is 0 Å². The molecular formula is C14H10FN3O2S. The molecule has 0 radical (unpaired) electrons. The van der Waals surface area contributed by atoms with Gasteiger partial charge in [-0.2, -0.15) is 13.5 Å². The zero-order valence-electron chi connectivity index (χ0n) is 10.7. The van der Waals surface area contributed by atoms with E-state index in [4.69, 9.17) is 0 Å². The van der Waals surface area contributed by atoms with Gasteiger partial charge in [0.05, 0.1) is 6.21 Å². The Hall–Kier alpha value is -2.54. The van der Waals surface area contributed by atoms with Crippen molar-refractivity contribution in [1.29, 1.82) is 0 Å². The first kappa shape index (κ1) is 13.4. The molecule has 0 saturated carbocycles. The van der Waals surface area contributed by atoms with Gasteiger partial charge in [-0.05, 0) is 18.2 Å². The fraction of sp³-hybridized carbons (Fsp3) is 0. The van der Waals surface area contributed by atoms with Gasteiger partial charge in [-0.3, -0.25) is 5.43 Å². The third-order valence-electron chi connectivity index (χ3n) is 2.91. The minimum Gasteiger partial charge on any atom is -0.260 e. The van der Waals surface area contributed by atoms with Crippen molar-refractivity contribution in [2.45, 2.75) is 4.90 Å². The van der Waals surface area contributed by atoms with E-state index in [-0.39, 0.29) is 10.7 Å². The topological polar surface area (TPSA) is 70.9 Å². The molecule has 5 nitrogen and oxygen atoms in total. The molecule has 0 unspecified atom stereocenters. The van der Waals surface area contributed by atoms with Crippen LogP contribution < -0.4 is 5.43 Å².